The van der Waals surface area contributed by atoms with Crippen molar-refractivity contribution >= 4 is 12.0 Å². The maximum absolute atomic E-state index is 12.1. The molecule has 1 aromatic carbocycles. The second-order valence-electron chi connectivity index (χ2n) is 5.56. The Morgan fingerprint density at radius 2 is 1.83 bits per heavy atom. The summed E-state index contributed by atoms with van der Waals surface area (Å²) in [7, 11) is 0. The summed E-state index contributed by atoms with van der Waals surface area (Å²) in [5.74, 6) is 1.37. The Hall–Kier alpha value is -2.62. The van der Waals surface area contributed by atoms with Gasteiger partial charge in [-0.15, -0.1) is 0 Å². The zero-order valence-corrected chi connectivity index (χ0v) is 13.0. The van der Waals surface area contributed by atoms with Crippen LogP contribution in [0.25, 0.3) is 6.08 Å². The summed E-state index contributed by atoms with van der Waals surface area (Å²) in [6.07, 6.45) is 8.56. The van der Waals surface area contributed by atoms with Crippen LogP contribution in [0.5, 0.6) is 11.6 Å². The number of rotatable bonds is 4. The van der Waals surface area contributed by atoms with Crippen molar-refractivity contribution in [2.45, 2.75) is 19.3 Å². The highest BCUT2D eigenvalue weighted by molar-refractivity contribution is 5.91. The van der Waals surface area contributed by atoms with E-state index in [1.54, 1.807) is 24.4 Å². The Morgan fingerprint density at radius 3 is 2.52 bits per heavy atom. The van der Waals surface area contributed by atoms with Gasteiger partial charge < -0.3 is 9.64 Å². The second-order valence-corrected chi connectivity index (χ2v) is 5.56. The number of nitrogens with zero attached hydrogens (tertiary/aromatic N) is 2. The average molecular weight is 308 g/mol. The summed E-state index contributed by atoms with van der Waals surface area (Å²) in [4.78, 5) is 18.2. The minimum absolute atomic E-state index is 0.0781. The Kier molecular flexibility index (Phi) is 5.04. The Morgan fingerprint density at radius 1 is 1.04 bits per heavy atom. The first kappa shape index (κ1) is 15.3. The standard InChI is InChI=1S/C19H20N2O2/c22-19(21-13-5-2-6-14-21)12-10-16-9-11-18(20-15-16)23-17-7-3-1-4-8-17/h1,3-4,7-12,15H,2,5-6,13-14H2/b12-10+. The van der Waals surface area contributed by atoms with Crippen molar-refractivity contribution in [2.24, 2.45) is 0 Å². The molecular weight excluding hydrogens is 288 g/mol. The van der Waals surface area contributed by atoms with Crippen molar-refractivity contribution in [1.29, 1.82) is 0 Å². The summed E-state index contributed by atoms with van der Waals surface area (Å²) < 4.78 is 5.64. The molecule has 2 heterocycles. The molecule has 1 aromatic heterocycles. The van der Waals surface area contributed by atoms with Crippen molar-refractivity contribution in [1.82, 2.24) is 9.88 Å². The number of benzene rings is 1. The minimum Gasteiger partial charge on any atom is -0.439 e. The Bertz CT molecular complexity index is 660. The highest BCUT2D eigenvalue weighted by Crippen LogP contribution is 2.19. The van der Waals surface area contributed by atoms with Gasteiger partial charge in [0.25, 0.3) is 0 Å². The first-order valence-electron chi connectivity index (χ1n) is 7.97. The second kappa shape index (κ2) is 7.58. The number of aromatic nitrogens is 1. The predicted octanol–water partition coefficient (Wildman–Crippen LogP) is 3.90. The van der Waals surface area contributed by atoms with Crippen LogP contribution in [0.15, 0.2) is 54.7 Å². The Balaban J connectivity index is 1.58. The lowest BCUT2D eigenvalue weighted by molar-refractivity contribution is -0.126. The molecule has 0 atom stereocenters. The van der Waals surface area contributed by atoms with Crippen LogP contribution in [-0.4, -0.2) is 28.9 Å². The molecule has 0 aliphatic carbocycles. The van der Waals surface area contributed by atoms with Gasteiger partial charge in [0.2, 0.25) is 11.8 Å². The van der Waals surface area contributed by atoms with Crippen molar-refractivity contribution in [3.63, 3.8) is 0 Å². The van der Waals surface area contributed by atoms with Crippen molar-refractivity contribution in [3.05, 3.63) is 60.3 Å². The number of para-hydroxylation sites is 1. The van der Waals surface area contributed by atoms with E-state index in [1.165, 1.54) is 6.42 Å². The topological polar surface area (TPSA) is 42.4 Å². The number of carbonyl (C=O) groups excluding carboxylic acids is 1. The first-order chi connectivity index (χ1) is 11.3. The fourth-order valence-electron chi connectivity index (χ4n) is 2.55. The third-order valence-corrected chi connectivity index (χ3v) is 3.81. The quantitative estimate of drug-likeness (QED) is 0.805. The number of ether oxygens (including phenoxy) is 1. The third kappa shape index (κ3) is 4.42. The van der Waals surface area contributed by atoms with Gasteiger partial charge in [-0.1, -0.05) is 18.2 Å². The molecule has 1 aliphatic rings. The number of piperidine rings is 1. The van der Waals surface area contributed by atoms with Gasteiger partial charge in [0, 0.05) is 31.4 Å². The molecule has 1 fully saturated rings. The number of pyridine rings is 1. The lowest BCUT2D eigenvalue weighted by atomic mass is 10.1. The summed E-state index contributed by atoms with van der Waals surface area (Å²) in [5.41, 5.74) is 0.885. The molecule has 4 nitrogen and oxygen atoms in total. The van der Waals surface area contributed by atoms with Crippen molar-refractivity contribution in [3.8, 4) is 11.6 Å². The first-order valence-corrected chi connectivity index (χ1v) is 7.97. The van der Waals surface area contributed by atoms with E-state index in [0.717, 1.165) is 37.2 Å². The zero-order valence-electron chi connectivity index (χ0n) is 13.0. The van der Waals surface area contributed by atoms with Crippen molar-refractivity contribution in [2.75, 3.05) is 13.1 Å². The number of likely N-dealkylation sites (tertiary alicyclic amines) is 1. The normalized spacial score (nSPS) is 14.9. The van der Waals surface area contributed by atoms with Crippen LogP contribution in [0.1, 0.15) is 24.8 Å². The molecular formula is C19H20N2O2. The van der Waals surface area contributed by atoms with E-state index in [-0.39, 0.29) is 5.91 Å². The number of hydrogen-bond donors (Lipinski definition) is 0. The third-order valence-electron chi connectivity index (χ3n) is 3.81. The molecule has 1 saturated heterocycles. The molecule has 1 amide bonds. The molecule has 4 heteroatoms. The smallest absolute Gasteiger partial charge is 0.246 e. The lowest BCUT2D eigenvalue weighted by Crippen LogP contribution is -2.34. The van der Waals surface area contributed by atoms with Crippen LogP contribution in [0.2, 0.25) is 0 Å². The van der Waals surface area contributed by atoms with E-state index < -0.39 is 0 Å². The largest absolute Gasteiger partial charge is 0.439 e. The monoisotopic (exact) mass is 308 g/mol. The number of amides is 1. The fourth-order valence-corrected chi connectivity index (χ4v) is 2.55. The fraction of sp³-hybridized carbons (Fsp3) is 0.263. The van der Waals surface area contributed by atoms with E-state index in [4.69, 9.17) is 4.74 Å². The summed E-state index contributed by atoms with van der Waals surface area (Å²) in [5, 5.41) is 0. The van der Waals surface area contributed by atoms with Gasteiger partial charge >= 0.3 is 0 Å². The molecule has 0 N–H and O–H groups in total. The van der Waals surface area contributed by atoms with Crippen LogP contribution < -0.4 is 4.74 Å². The van der Waals surface area contributed by atoms with Gasteiger partial charge in [-0.25, -0.2) is 4.98 Å². The molecule has 0 bridgehead atoms. The van der Waals surface area contributed by atoms with Crippen LogP contribution >= 0.6 is 0 Å². The van der Waals surface area contributed by atoms with Gasteiger partial charge in [0.15, 0.2) is 0 Å². The van der Waals surface area contributed by atoms with Gasteiger partial charge in [-0.3, -0.25) is 4.79 Å². The molecule has 23 heavy (non-hydrogen) atoms. The van der Waals surface area contributed by atoms with Crippen molar-refractivity contribution < 1.29 is 9.53 Å². The predicted molar refractivity (Wildman–Crippen MR) is 90.2 cm³/mol. The Labute approximate surface area is 136 Å². The molecule has 0 saturated carbocycles. The molecule has 1 aliphatic heterocycles. The van der Waals surface area contributed by atoms with E-state index >= 15 is 0 Å². The lowest BCUT2D eigenvalue weighted by Gasteiger charge is -2.25. The highest BCUT2D eigenvalue weighted by Gasteiger charge is 2.13. The number of carbonyl (C=O) groups is 1. The molecule has 2 aromatic rings. The molecule has 3 rings (SSSR count). The summed E-state index contributed by atoms with van der Waals surface area (Å²) >= 11 is 0. The maximum atomic E-state index is 12.1. The molecule has 0 spiro atoms. The molecule has 118 valence electrons. The zero-order chi connectivity index (χ0) is 15.9. The van der Waals surface area contributed by atoms with E-state index in [0.29, 0.717) is 5.88 Å². The van der Waals surface area contributed by atoms with Crippen LogP contribution in [0.3, 0.4) is 0 Å². The van der Waals surface area contributed by atoms with E-state index in [9.17, 15) is 4.79 Å². The highest BCUT2D eigenvalue weighted by atomic mass is 16.5. The van der Waals surface area contributed by atoms with Crippen LogP contribution in [0.4, 0.5) is 0 Å². The van der Waals surface area contributed by atoms with Gasteiger partial charge in [-0.05, 0) is 49.1 Å². The van der Waals surface area contributed by atoms with Gasteiger partial charge in [0.1, 0.15) is 5.75 Å². The SMILES string of the molecule is O=C(/C=C/c1ccc(Oc2ccccc2)nc1)N1CCCCC1. The average Bonchev–Trinajstić information content (AvgIpc) is 2.62. The number of hydrogen-bond acceptors (Lipinski definition) is 3. The van der Waals surface area contributed by atoms with E-state index in [1.807, 2.05) is 41.3 Å². The maximum Gasteiger partial charge on any atom is 0.246 e. The molecule has 0 unspecified atom stereocenters. The summed E-state index contributed by atoms with van der Waals surface area (Å²) in [6, 6.07) is 13.2. The molecule has 0 radical (unpaired) electrons. The van der Waals surface area contributed by atoms with Gasteiger partial charge in [-0.2, -0.15) is 0 Å². The summed E-state index contributed by atoms with van der Waals surface area (Å²) in [6.45, 7) is 1.73. The van der Waals surface area contributed by atoms with E-state index in [2.05, 4.69) is 4.98 Å². The van der Waals surface area contributed by atoms with Crippen LogP contribution in [0, 0.1) is 0 Å². The van der Waals surface area contributed by atoms with Crippen LogP contribution in [-0.2, 0) is 4.79 Å². The van der Waals surface area contributed by atoms with Gasteiger partial charge in [0.05, 0.1) is 0 Å². The minimum atomic E-state index is 0.0781.